The molecule has 0 spiro atoms. The quantitative estimate of drug-likeness (QED) is 0.859. The molecule has 1 fully saturated rings. The molecule has 6 nitrogen and oxygen atoms in total. The number of rotatable bonds is 2. The van der Waals surface area contributed by atoms with E-state index in [1.54, 1.807) is 25.2 Å². The van der Waals surface area contributed by atoms with Crippen molar-refractivity contribution >= 4 is 22.7 Å². The van der Waals surface area contributed by atoms with E-state index >= 15 is 0 Å². The van der Waals surface area contributed by atoms with E-state index in [-0.39, 0.29) is 11.8 Å². The second kappa shape index (κ2) is 5.13. The molecule has 1 aliphatic rings. The summed E-state index contributed by atoms with van der Waals surface area (Å²) in [5.74, 6) is -0.377. The zero-order valence-corrected chi connectivity index (χ0v) is 11.3. The number of oxazole rings is 1. The van der Waals surface area contributed by atoms with Gasteiger partial charge in [-0.1, -0.05) is 0 Å². The number of hydrogen-bond acceptors (Lipinski definition) is 4. The van der Waals surface area contributed by atoms with Gasteiger partial charge in [-0.05, 0) is 37.6 Å². The molecule has 1 aromatic carbocycles. The number of carbonyl (C=O) groups excluding carboxylic acids is 1. The zero-order chi connectivity index (χ0) is 14.1. The van der Waals surface area contributed by atoms with E-state index < -0.39 is 5.76 Å². The van der Waals surface area contributed by atoms with Gasteiger partial charge < -0.3 is 15.1 Å². The third kappa shape index (κ3) is 2.34. The van der Waals surface area contributed by atoms with Crippen LogP contribution in [0.1, 0.15) is 12.8 Å². The number of nitrogens with zero attached hydrogens (tertiary/aromatic N) is 1. The Morgan fingerprint density at radius 3 is 3.10 bits per heavy atom. The summed E-state index contributed by atoms with van der Waals surface area (Å²) in [7, 11) is 1.64. The van der Waals surface area contributed by atoms with Gasteiger partial charge in [-0.25, -0.2) is 4.79 Å². The standard InChI is InChI=1S/C14H17N3O3/c1-17-11-7-10(4-5-12(11)20-14(17)19)16-13(18)9-3-2-6-15-8-9/h4-5,7,9,15H,2-3,6,8H2,1H3,(H,16,18). The van der Waals surface area contributed by atoms with Crippen LogP contribution in [0.4, 0.5) is 5.69 Å². The van der Waals surface area contributed by atoms with Crippen molar-refractivity contribution in [1.82, 2.24) is 9.88 Å². The molecule has 0 aliphatic carbocycles. The van der Waals surface area contributed by atoms with Crippen LogP contribution < -0.4 is 16.4 Å². The highest BCUT2D eigenvalue weighted by molar-refractivity contribution is 5.94. The van der Waals surface area contributed by atoms with E-state index in [1.807, 2.05) is 0 Å². The first-order valence-electron chi connectivity index (χ1n) is 6.76. The molecule has 0 bridgehead atoms. The van der Waals surface area contributed by atoms with Crippen LogP contribution in [0.2, 0.25) is 0 Å². The van der Waals surface area contributed by atoms with E-state index in [0.717, 1.165) is 25.9 Å². The summed E-state index contributed by atoms with van der Waals surface area (Å²) in [5.41, 5.74) is 1.88. The first-order chi connectivity index (χ1) is 9.65. The lowest BCUT2D eigenvalue weighted by Crippen LogP contribution is -2.37. The van der Waals surface area contributed by atoms with Crippen LogP contribution >= 0.6 is 0 Å². The predicted molar refractivity (Wildman–Crippen MR) is 75.7 cm³/mol. The number of hydrogen-bond donors (Lipinski definition) is 2. The summed E-state index contributed by atoms with van der Waals surface area (Å²) in [5, 5.41) is 6.13. The zero-order valence-electron chi connectivity index (χ0n) is 11.3. The third-order valence-electron chi connectivity index (χ3n) is 3.73. The van der Waals surface area contributed by atoms with Gasteiger partial charge >= 0.3 is 5.76 Å². The highest BCUT2D eigenvalue weighted by Gasteiger charge is 2.21. The maximum Gasteiger partial charge on any atom is 0.419 e. The third-order valence-corrected chi connectivity index (χ3v) is 3.73. The number of benzene rings is 1. The molecule has 1 unspecified atom stereocenters. The highest BCUT2D eigenvalue weighted by Crippen LogP contribution is 2.19. The number of anilines is 1. The van der Waals surface area contributed by atoms with Crippen molar-refractivity contribution < 1.29 is 9.21 Å². The molecule has 1 atom stereocenters. The van der Waals surface area contributed by atoms with Crippen LogP contribution in [0.5, 0.6) is 0 Å². The fraction of sp³-hybridized carbons (Fsp3) is 0.429. The van der Waals surface area contributed by atoms with Gasteiger partial charge in [0.05, 0.1) is 11.4 Å². The van der Waals surface area contributed by atoms with Crippen molar-refractivity contribution in [1.29, 1.82) is 0 Å². The second-order valence-corrected chi connectivity index (χ2v) is 5.14. The van der Waals surface area contributed by atoms with Crippen molar-refractivity contribution in [2.24, 2.45) is 13.0 Å². The van der Waals surface area contributed by atoms with Crippen molar-refractivity contribution in [3.8, 4) is 0 Å². The lowest BCUT2D eigenvalue weighted by Gasteiger charge is -2.21. The van der Waals surface area contributed by atoms with Crippen LogP contribution in [0, 0.1) is 5.92 Å². The fourth-order valence-corrected chi connectivity index (χ4v) is 2.52. The Balaban J connectivity index is 1.81. The number of aryl methyl sites for hydroxylation is 1. The lowest BCUT2D eigenvalue weighted by molar-refractivity contribution is -0.120. The molecule has 1 aromatic heterocycles. The van der Waals surface area contributed by atoms with Crippen LogP contribution in [0.25, 0.3) is 11.1 Å². The maximum absolute atomic E-state index is 12.2. The molecule has 20 heavy (non-hydrogen) atoms. The minimum atomic E-state index is -0.403. The van der Waals surface area contributed by atoms with E-state index in [9.17, 15) is 9.59 Å². The van der Waals surface area contributed by atoms with Gasteiger partial charge in [0.2, 0.25) is 5.91 Å². The SMILES string of the molecule is Cn1c(=O)oc2ccc(NC(=O)C3CCCNC3)cc21. The van der Waals surface area contributed by atoms with Crippen molar-refractivity contribution in [2.45, 2.75) is 12.8 Å². The summed E-state index contributed by atoms with van der Waals surface area (Å²) in [4.78, 5) is 23.6. The molecule has 0 radical (unpaired) electrons. The molecule has 1 aliphatic heterocycles. The first-order valence-corrected chi connectivity index (χ1v) is 6.76. The number of amides is 1. The molecule has 3 rings (SSSR count). The molecular formula is C14H17N3O3. The van der Waals surface area contributed by atoms with Crippen LogP contribution in [0.15, 0.2) is 27.4 Å². The molecule has 1 amide bonds. The van der Waals surface area contributed by atoms with Crippen molar-refractivity contribution in [3.63, 3.8) is 0 Å². The number of carbonyl (C=O) groups is 1. The highest BCUT2D eigenvalue weighted by atomic mass is 16.4. The van der Waals surface area contributed by atoms with Gasteiger partial charge in [-0.2, -0.15) is 0 Å². The molecule has 0 saturated carbocycles. The number of piperidine rings is 1. The summed E-state index contributed by atoms with van der Waals surface area (Å²) >= 11 is 0. The van der Waals surface area contributed by atoms with Gasteiger partial charge in [0, 0.05) is 19.3 Å². The monoisotopic (exact) mass is 275 g/mol. The van der Waals surface area contributed by atoms with Crippen LogP contribution in [-0.4, -0.2) is 23.6 Å². The van der Waals surface area contributed by atoms with E-state index in [1.165, 1.54) is 4.57 Å². The Morgan fingerprint density at radius 2 is 2.35 bits per heavy atom. The molecule has 106 valence electrons. The Bertz CT molecular complexity index is 695. The lowest BCUT2D eigenvalue weighted by atomic mass is 9.99. The van der Waals surface area contributed by atoms with Crippen LogP contribution in [-0.2, 0) is 11.8 Å². The average Bonchev–Trinajstić information content (AvgIpc) is 2.75. The van der Waals surface area contributed by atoms with Gasteiger partial charge in [-0.3, -0.25) is 9.36 Å². The fourth-order valence-electron chi connectivity index (χ4n) is 2.52. The number of fused-ring (bicyclic) bond motifs is 1. The smallest absolute Gasteiger partial charge is 0.408 e. The average molecular weight is 275 g/mol. The molecular weight excluding hydrogens is 258 g/mol. The van der Waals surface area contributed by atoms with E-state index in [0.29, 0.717) is 16.8 Å². The largest absolute Gasteiger partial charge is 0.419 e. The Labute approximate surface area is 115 Å². The maximum atomic E-state index is 12.2. The Kier molecular flexibility index (Phi) is 3.31. The van der Waals surface area contributed by atoms with Crippen LogP contribution in [0.3, 0.4) is 0 Å². The topological polar surface area (TPSA) is 76.3 Å². The first kappa shape index (κ1) is 12.9. The second-order valence-electron chi connectivity index (χ2n) is 5.14. The summed E-state index contributed by atoms with van der Waals surface area (Å²) in [6.45, 7) is 1.70. The number of aromatic nitrogens is 1. The van der Waals surface area contributed by atoms with E-state index in [4.69, 9.17) is 4.42 Å². The van der Waals surface area contributed by atoms with Gasteiger partial charge in [-0.15, -0.1) is 0 Å². The molecule has 2 heterocycles. The molecule has 6 heteroatoms. The van der Waals surface area contributed by atoms with Crippen molar-refractivity contribution in [2.75, 3.05) is 18.4 Å². The minimum absolute atomic E-state index is 0.00705. The normalized spacial score (nSPS) is 19.1. The van der Waals surface area contributed by atoms with Crippen molar-refractivity contribution in [3.05, 3.63) is 28.7 Å². The molecule has 2 N–H and O–H groups in total. The minimum Gasteiger partial charge on any atom is -0.408 e. The van der Waals surface area contributed by atoms with Gasteiger partial charge in [0.15, 0.2) is 5.58 Å². The Morgan fingerprint density at radius 1 is 1.50 bits per heavy atom. The van der Waals surface area contributed by atoms with E-state index in [2.05, 4.69) is 10.6 Å². The summed E-state index contributed by atoms with van der Waals surface area (Å²) in [6, 6.07) is 5.21. The Hall–Kier alpha value is -2.08. The molecule has 1 saturated heterocycles. The number of nitrogens with one attached hydrogen (secondary N) is 2. The van der Waals surface area contributed by atoms with Gasteiger partial charge in [0.1, 0.15) is 0 Å². The summed E-state index contributed by atoms with van der Waals surface area (Å²) in [6.07, 6.45) is 1.93. The summed E-state index contributed by atoms with van der Waals surface area (Å²) < 4.78 is 6.48. The predicted octanol–water partition coefficient (Wildman–Crippen LogP) is 1.07. The molecule has 2 aromatic rings. The van der Waals surface area contributed by atoms with Gasteiger partial charge in [0.25, 0.3) is 0 Å².